The van der Waals surface area contributed by atoms with Crippen LogP contribution in [-0.2, 0) is 0 Å². The van der Waals surface area contributed by atoms with Crippen molar-refractivity contribution in [3.63, 3.8) is 0 Å². The Morgan fingerprint density at radius 1 is 0.429 bits per heavy atom. The molecule has 4 aromatic heterocycles. The van der Waals surface area contributed by atoms with Crippen LogP contribution in [0.3, 0.4) is 0 Å². The highest BCUT2D eigenvalue weighted by atomic mass is 16.3. The standard InChI is InChI=1S/C49H30N6O/c1-5-15-31(16-6-1)32-25-27-36(28-26-32)48-52-47(35-21-11-4-12-22-35)53-49(54-48)55-40-24-14-13-23-37(40)38-29-39-42(30-41(38)55)56-45-43(33-17-7-2-8-18-33)50-46(51-44(39)45)34-19-9-3-10-20-34/h1-30H/i1D,4D,5D,6D,11D,12D,13D,14D,15D,16D,21D,22D,23D,24D,25D,26D,27D,28D,29D,30D. The van der Waals surface area contributed by atoms with E-state index in [0.29, 0.717) is 11.1 Å². The summed E-state index contributed by atoms with van der Waals surface area (Å²) in [6, 6.07) is 1.85. The van der Waals surface area contributed by atoms with Crippen molar-refractivity contribution >= 4 is 43.9 Å². The molecule has 0 bridgehead atoms. The van der Waals surface area contributed by atoms with Gasteiger partial charge in [-0.25, -0.2) is 15.0 Å². The molecule has 0 atom stereocenters. The van der Waals surface area contributed by atoms with Crippen LogP contribution in [-0.4, -0.2) is 29.5 Å². The molecule has 7 nitrogen and oxygen atoms in total. The van der Waals surface area contributed by atoms with Gasteiger partial charge in [-0.3, -0.25) is 4.57 Å². The fourth-order valence-electron chi connectivity index (χ4n) is 6.33. The molecule has 0 spiro atoms. The van der Waals surface area contributed by atoms with Gasteiger partial charge in [0.15, 0.2) is 23.1 Å². The average molecular weight is 739 g/mol. The van der Waals surface area contributed by atoms with E-state index in [4.69, 9.17) is 33.6 Å². The fourth-order valence-corrected chi connectivity index (χ4v) is 6.33. The van der Waals surface area contributed by atoms with Crippen molar-refractivity contribution in [2.75, 3.05) is 0 Å². The van der Waals surface area contributed by atoms with Gasteiger partial charge in [-0.2, -0.15) is 9.97 Å². The molecule has 0 aliphatic heterocycles. The molecule has 0 aliphatic rings. The number of hydrogen-bond acceptors (Lipinski definition) is 6. The number of furan rings is 1. The zero-order valence-corrected chi connectivity index (χ0v) is 28.4. The van der Waals surface area contributed by atoms with E-state index in [1.807, 2.05) is 0 Å². The van der Waals surface area contributed by atoms with Crippen molar-refractivity contribution in [1.29, 1.82) is 0 Å². The molecule has 4 heterocycles. The maximum atomic E-state index is 9.98. The Morgan fingerprint density at radius 3 is 1.71 bits per heavy atom. The summed E-state index contributed by atoms with van der Waals surface area (Å²) in [5.74, 6) is -2.05. The summed E-state index contributed by atoms with van der Waals surface area (Å²) in [5, 5.41) is -0.633. The topological polar surface area (TPSA) is 82.5 Å². The average Bonchev–Trinajstić information content (AvgIpc) is 4.21. The summed E-state index contributed by atoms with van der Waals surface area (Å²) >= 11 is 0. The smallest absolute Gasteiger partial charge is 0.238 e. The summed E-state index contributed by atoms with van der Waals surface area (Å²) in [7, 11) is 0. The minimum atomic E-state index is -0.945. The molecule has 0 radical (unpaired) electrons. The molecule has 0 fully saturated rings. The molecule has 7 heteroatoms. The lowest BCUT2D eigenvalue weighted by Crippen LogP contribution is -2.06. The van der Waals surface area contributed by atoms with Crippen molar-refractivity contribution in [2.24, 2.45) is 0 Å². The first kappa shape index (κ1) is 17.6. The third kappa shape index (κ3) is 5.33. The highest BCUT2D eigenvalue weighted by Crippen LogP contribution is 2.40. The van der Waals surface area contributed by atoms with Crippen LogP contribution < -0.4 is 0 Å². The number of fused-ring (bicyclic) bond motifs is 6. The normalized spacial score (nSPS) is 16.6. The third-order valence-corrected chi connectivity index (χ3v) is 8.84. The first-order valence-corrected chi connectivity index (χ1v) is 16.9. The van der Waals surface area contributed by atoms with Gasteiger partial charge in [0.1, 0.15) is 16.8 Å². The molecule has 0 saturated heterocycles. The van der Waals surface area contributed by atoms with Gasteiger partial charge in [0.2, 0.25) is 5.95 Å². The van der Waals surface area contributed by atoms with Gasteiger partial charge in [-0.15, -0.1) is 0 Å². The Bertz CT molecular complexity index is 4330. The van der Waals surface area contributed by atoms with Crippen LogP contribution in [0.25, 0.3) is 106 Å². The summed E-state index contributed by atoms with van der Waals surface area (Å²) in [6.07, 6.45) is 0. The van der Waals surface area contributed by atoms with Gasteiger partial charge < -0.3 is 4.42 Å². The second-order valence-corrected chi connectivity index (χ2v) is 12.2. The van der Waals surface area contributed by atoms with Gasteiger partial charge in [-0.05, 0) is 23.2 Å². The van der Waals surface area contributed by atoms with Crippen LogP contribution in [0.2, 0.25) is 0 Å². The predicted molar refractivity (Wildman–Crippen MR) is 224 cm³/mol. The van der Waals surface area contributed by atoms with E-state index < -0.39 is 166 Å². The molecule has 262 valence electrons. The Labute approximate surface area is 349 Å². The summed E-state index contributed by atoms with van der Waals surface area (Å²) in [6.45, 7) is 0. The highest BCUT2D eigenvalue weighted by Gasteiger charge is 2.23. The molecule has 0 saturated carbocycles. The second kappa shape index (κ2) is 13.0. The molecule has 0 aliphatic carbocycles. The zero-order valence-electron chi connectivity index (χ0n) is 48.4. The molecule has 11 aromatic rings. The Morgan fingerprint density at radius 2 is 1.00 bits per heavy atom. The van der Waals surface area contributed by atoms with Crippen LogP contribution in [0.5, 0.6) is 0 Å². The lowest BCUT2D eigenvalue weighted by Gasteiger charge is -2.11. The van der Waals surface area contributed by atoms with Gasteiger partial charge >= 0.3 is 0 Å². The molecule has 0 N–H and O–H groups in total. The number of para-hydroxylation sites is 1. The maximum Gasteiger partial charge on any atom is 0.238 e. The summed E-state index contributed by atoms with van der Waals surface area (Å²) < 4.78 is 185. The number of nitrogens with zero attached hydrogens (tertiary/aromatic N) is 6. The van der Waals surface area contributed by atoms with Gasteiger partial charge in [0, 0.05) is 44.5 Å². The minimum absolute atomic E-state index is 0.0465. The van der Waals surface area contributed by atoms with E-state index in [2.05, 4.69) is 15.0 Å². The fraction of sp³-hybridized carbons (Fsp3) is 0. The molecule has 7 aromatic carbocycles. The molecule has 0 unspecified atom stereocenters. The number of aromatic nitrogens is 6. The predicted octanol–water partition coefficient (Wildman–Crippen LogP) is 12.0. The van der Waals surface area contributed by atoms with Crippen LogP contribution >= 0.6 is 0 Å². The van der Waals surface area contributed by atoms with E-state index in [-0.39, 0.29) is 49.9 Å². The largest absolute Gasteiger partial charge is 0.452 e. The highest BCUT2D eigenvalue weighted by molar-refractivity contribution is 6.17. The Kier molecular flexibility index (Phi) is 4.07. The summed E-state index contributed by atoms with van der Waals surface area (Å²) in [4.78, 5) is 23.2. The van der Waals surface area contributed by atoms with Crippen LogP contribution in [0, 0.1) is 0 Å². The minimum Gasteiger partial charge on any atom is -0.452 e. The molecular weight excluding hydrogens is 689 g/mol. The van der Waals surface area contributed by atoms with Gasteiger partial charge in [0.25, 0.3) is 0 Å². The van der Waals surface area contributed by atoms with Crippen LogP contribution in [0.4, 0.5) is 0 Å². The van der Waals surface area contributed by atoms with Crippen molar-refractivity contribution in [3.8, 4) is 62.5 Å². The first-order chi connectivity index (χ1) is 36.1. The van der Waals surface area contributed by atoms with Crippen molar-refractivity contribution in [3.05, 3.63) is 182 Å². The van der Waals surface area contributed by atoms with Crippen molar-refractivity contribution in [1.82, 2.24) is 29.5 Å². The van der Waals surface area contributed by atoms with Crippen molar-refractivity contribution < 1.29 is 31.8 Å². The number of hydrogen-bond donors (Lipinski definition) is 0. The Hall–Kier alpha value is -7.77. The molecular formula is C49H30N6O. The van der Waals surface area contributed by atoms with E-state index in [0.717, 1.165) is 4.57 Å². The third-order valence-electron chi connectivity index (χ3n) is 8.84. The SMILES string of the molecule is [2H]c1c([2H])c([2H])c(-c2nc(-c3c([2H])c([2H])c(-c4c([2H])c([2H])c([2H])c([2H])c4[2H])c([2H])c3[2H])nc(-n3c4c([2H])c([2H])c([2H])c([2H])c4c4c([2H])c5c(oc6c(-c7ccccc7)nc(-c7ccccc7)nc65)c([2H])c43)n2)c([2H])c1[2H]. The molecule has 0 amide bonds. The maximum absolute atomic E-state index is 9.98. The summed E-state index contributed by atoms with van der Waals surface area (Å²) in [5.41, 5.74) is -2.28. The zero-order chi connectivity index (χ0) is 54.4. The molecule has 56 heavy (non-hydrogen) atoms. The number of rotatable bonds is 6. The molecule has 11 rings (SSSR count). The van der Waals surface area contributed by atoms with E-state index in [1.165, 1.54) is 0 Å². The second-order valence-electron chi connectivity index (χ2n) is 12.2. The van der Waals surface area contributed by atoms with Crippen LogP contribution in [0.1, 0.15) is 27.4 Å². The van der Waals surface area contributed by atoms with E-state index in [1.54, 1.807) is 60.7 Å². The van der Waals surface area contributed by atoms with Gasteiger partial charge in [-0.1, -0.05) is 163 Å². The lowest BCUT2D eigenvalue weighted by atomic mass is 10.0. The van der Waals surface area contributed by atoms with Crippen molar-refractivity contribution in [2.45, 2.75) is 0 Å². The lowest BCUT2D eigenvalue weighted by molar-refractivity contribution is 0.667. The monoisotopic (exact) mass is 738 g/mol. The quantitative estimate of drug-likeness (QED) is 0.169. The number of benzene rings is 7. The van der Waals surface area contributed by atoms with E-state index >= 15 is 0 Å². The Balaban J connectivity index is 1.31. The van der Waals surface area contributed by atoms with E-state index in [9.17, 15) is 8.22 Å². The van der Waals surface area contributed by atoms with Gasteiger partial charge in [0.05, 0.1) is 38.4 Å². The first-order valence-electron chi connectivity index (χ1n) is 26.9. The van der Waals surface area contributed by atoms with Crippen LogP contribution in [0.15, 0.2) is 186 Å².